The van der Waals surface area contributed by atoms with Gasteiger partial charge in [-0.25, -0.2) is 4.68 Å². The van der Waals surface area contributed by atoms with Gasteiger partial charge in [0.1, 0.15) is 5.75 Å². The summed E-state index contributed by atoms with van der Waals surface area (Å²) in [6, 6.07) is 16.8. The molecule has 3 N–H and O–H groups in total. The first kappa shape index (κ1) is 15.5. The number of benzene rings is 2. The van der Waals surface area contributed by atoms with E-state index >= 15 is 0 Å². The highest BCUT2D eigenvalue weighted by Crippen LogP contribution is 2.38. The fourth-order valence-electron chi connectivity index (χ4n) is 3.34. The monoisotopic (exact) mass is 335 g/mol. The van der Waals surface area contributed by atoms with E-state index in [1.165, 1.54) is 11.1 Å². The van der Waals surface area contributed by atoms with E-state index in [4.69, 9.17) is 10.5 Å². The van der Waals surface area contributed by atoms with Crippen molar-refractivity contribution in [3.05, 3.63) is 65.2 Å². The van der Waals surface area contributed by atoms with Gasteiger partial charge in [-0.3, -0.25) is 0 Å². The van der Waals surface area contributed by atoms with Crippen molar-refractivity contribution >= 4 is 11.9 Å². The number of nitrogens with zero attached hydrogens (tertiary/aromatic N) is 3. The molecule has 2 atom stereocenters. The molecule has 1 aromatic heterocycles. The van der Waals surface area contributed by atoms with Gasteiger partial charge in [0.05, 0.1) is 19.2 Å². The third-order valence-corrected chi connectivity index (χ3v) is 4.66. The van der Waals surface area contributed by atoms with E-state index in [2.05, 4.69) is 52.7 Å². The maximum Gasteiger partial charge on any atom is 0.241 e. The van der Waals surface area contributed by atoms with Crippen LogP contribution in [0.1, 0.15) is 35.2 Å². The van der Waals surface area contributed by atoms with E-state index in [9.17, 15) is 0 Å². The first-order valence-electron chi connectivity index (χ1n) is 8.33. The van der Waals surface area contributed by atoms with Gasteiger partial charge in [0.15, 0.2) is 0 Å². The Kier molecular flexibility index (Phi) is 3.80. The summed E-state index contributed by atoms with van der Waals surface area (Å²) in [5.41, 5.74) is 9.45. The quantitative estimate of drug-likeness (QED) is 0.768. The van der Waals surface area contributed by atoms with Gasteiger partial charge in [-0.1, -0.05) is 42.0 Å². The molecule has 1 aliphatic rings. The molecule has 0 bridgehead atoms. The lowest BCUT2D eigenvalue weighted by atomic mass is 9.93. The summed E-state index contributed by atoms with van der Waals surface area (Å²) >= 11 is 0. The Morgan fingerprint density at radius 3 is 2.72 bits per heavy atom. The number of ether oxygens (including phenoxy) is 1. The summed E-state index contributed by atoms with van der Waals surface area (Å²) in [5.74, 6) is 1.81. The summed E-state index contributed by atoms with van der Waals surface area (Å²) in [5, 5.41) is 7.85. The third kappa shape index (κ3) is 2.91. The van der Waals surface area contributed by atoms with Crippen molar-refractivity contribution in [2.24, 2.45) is 0 Å². The van der Waals surface area contributed by atoms with Crippen LogP contribution in [0, 0.1) is 6.92 Å². The molecular formula is C19H21N5O. The molecular weight excluding hydrogens is 314 g/mol. The lowest BCUT2D eigenvalue weighted by Crippen LogP contribution is -2.28. The lowest BCUT2D eigenvalue weighted by Gasteiger charge is -2.31. The predicted molar refractivity (Wildman–Crippen MR) is 97.7 cm³/mol. The Morgan fingerprint density at radius 2 is 1.96 bits per heavy atom. The zero-order chi connectivity index (χ0) is 17.4. The Balaban J connectivity index is 1.75. The third-order valence-electron chi connectivity index (χ3n) is 4.66. The van der Waals surface area contributed by atoms with Gasteiger partial charge >= 0.3 is 0 Å². The van der Waals surface area contributed by atoms with Crippen LogP contribution in [0.4, 0.5) is 11.9 Å². The van der Waals surface area contributed by atoms with E-state index in [0.29, 0.717) is 5.95 Å². The minimum atomic E-state index is 0.0439. The molecule has 1 aliphatic heterocycles. The maximum absolute atomic E-state index is 5.85. The number of nitrogen functional groups attached to an aromatic ring is 1. The number of anilines is 2. The van der Waals surface area contributed by atoms with Gasteiger partial charge in [0.25, 0.3) is 0 Å². The number of nitrogens with two attached hydrogens (primary N) is 1. The van der Waals surface area contributed by atoms with Crippen LogP contribution in [0.15, 0.2) is 48.5 Å². The van der Waals surface area contributed by atoms with Crippen LogP contribution in [0.2, 0.25) is 0 Å². The second-order valence-electron chi connectivity index (χ2n) is 6.37. The molecule has 0 aliphatic carbocycles. The van der Waals surface area contributed by atoms with Crippen molar-refractivity contribution in [1.82, 2.24) is 14.8 Å². The largest absolute Gasteiger partial charge is 0.497 e. The molecule has 0 amide bonds. The van der Waals surface area contributed by atoms with Gasteiger partial charge in [-0.2, -0.15) is 4.98 Å². The number of hydrogen-bond donors (Lipinski definition) is 2. The predicted octanol–water partition coefficient (Wildman–Crippen LogP) is 3.32. The molecule has 3 aromatic rings. The Bertz CT molecular complexity index is 887. The smallest absolute Gasteiger partial charge is 0.241 e. The molecule has 0 fully saturated rings. The molecule has 0 saturated carbocycles. The van der Waals surface area contributed by atoms with E-state index in [1.807, 2.05) is 22.9 Å². The normalized spacial score (nSPS) is 19.1. The van der Waals surface area contributed by atoms with Crippen molar-refractivity contribution in [2.45, 2.75) is 25.4 Å². The summed E-state index contributed by atoms with van der Waals surface area (Å²) in [4.78, 5) is 4.35. The average Bonchev–Trinajstić information content (AvgIpc) is 3.01. The van der Waals surface area contributed by atoms with Gasteiger partial charge in [-0.05, 0) is 36.6 Å². The second-order valence-corrected chi connectivity index (χ2v) is 6.37. The zero-order valence-corrected chi connectivity index (χ0v) is 14.3. The first-order valence-corrected chi connectivity index (χ1v) is 8.33. The molecule has 0 radical (unpaired) electrons. The van der Waals surface area contributed by atoms with Crippen LogP contribution < -0.4 is 15.8 Å². The molecule has 0 spiro atoms. The van der Waals surface area contributed by atoms with Crippen LogP contribution in [0.25, 0.3) is 0 Å². The number of hydrogen-bond acceptors (Lipinski definition) is 5. The van der Waals surface area contributed by atoms with Gasteiger partial charge in [-0.15, -0.1) is 5.10 Å². The molecule has 0 saturated heterocycles. The highest BCUT2D eigenvalue weighted by molar-refractivity contribution is 5.43. The number of fused-ring (bicyclic) bond motifs is 1. The molecule has 25 heavy (non-hydrogen) atoms. The Labute approximate surface area is 146 Å². The topological polar surface area (TPSA) is 78.0 Å². The number of nitrogens with one attached hydrogen (secondary N) is 1. The summed E-state index contributed by atoms with van der Waals surface area (Å²) < 4.78 is 7.25. The maximum atomic E-state index is 5.85. The highest BCUT2D eigenvalue weighted by Gasteiger charge is 2.31. The number of rotatable bonds is 3. The molecule has 6 nitrogen and oxygen atoms in total. The van der Waals surface area contributed by atoms with Crippen LogP contribution in [-0.4, -0.2) is 21.9 Å². The van der Waals surface area contributed by atoms with Crippen LogP contribution in [0.5, 0.6) is 5.75 Å². The van der Waals surface area contributed by atoms with Gasteiger partial charge in [0, 0.05) is 0 Å². The molecule has 2 aromatic carbocycles. The van der Waals surface area contributed by atoms with E-state index in [0.717, 1.165) is 17.7 Å². The summed E-state index contributed by atoms with van der Waals surface area (Å²) in [6.07, 6.45) is 0.853. The van der Waals surface area contributed by atoms with Crippen molar-refractivity contribution in [3.8, 4) is 5.75 Å². The van der Waals surface area contributed by atoms with Crippen LogP contribution >= 0.6 is 0 Å². The molecule has 128 valence electrons. The fourth-order valence-corrected chi connectivity index (χ4v) is 3.34. The van der Waals surface area contributed by atoms with Crippen molar-refractivity contribution in [2.75, 3.05) is 18.2 Å². The zero-order valence-electron chi connectivity index (χ0n) is 14.3. The lowest BCUT2D eigenvalue weighted by molar-refractivity contribution is 0.407. The standard InChI is InChI=1S/C19H21N5O/c1-12-6-8-13(9-7-12)16-11-17(14-4-3-5-15(10-14)25-2)24-19(21-16)22-18(20)23-24/h3-10,16-17H,11H2,1-2H3,(H3,20,21,22,23)/t16-,17-/m0/s1. The van der Waals surface area contributed by atoms with Gasteiger partial charge in [0.2, 0.25) is 11.9 Å². The highest BCUT2D eigenvalue weighted by atomic mass is 16.5. The minimum Gasteiger partial charge on any atom is -0.497 e. The van der Waals surface area contributed by atoms with E-state index in [-0.39, 0.29) is 18.0 Å². The van der Waals surface area contributed by atoms with Crippen LogP contribution in [-0.2, 0) is 0 Å². The fraction of sp³-hybridized carbons (Fsp3) is 0.263. The minimum absolute atomic E-state index is 0.0439. The average molecular weight is 335 g/mol. The second kappa shape index (κ2) is 6.12. The molecule has 2 heterocycles. The van der Waals surface area contributed by atoms with Crippen LogP contribution in [0.3, 0.4) is 0 Å². The Hall–Kier alpha value is -3.02. The van der Waals surface area contributed by atoms with E-state index in [1.54, 1.807) is 7.11 Å². The molecule has 6 heteroatoms. The summed E-state index contributed by atoms with van der Waals surface area (Å²) in [6.45, 7) is 2.09. The molecule has 4 rings (SSSR count). The van der Waals surface area contributed by atoms with Crippen molar-refractivity contribution in [1.29, 1.82) is 0 Å². The SMILES string of the molecule is COc1cccc([C@@H]2C[C@@H](c3ccc(C)cc3)Nc3nc(N)nn32)c1. The number of methoxy groups -OCH3 is 1. The Morgan fingerprint density at radius 1 is 1.16 bits per heavy atom. The van der Waals surface area contributed by atoms with Gasteiger partial charge < -0.3 is 15.8 Å². The molecule has 0 unspecified atom stereocenters. The number of aromatic nitrogens is 3. The number of aryl methyl sites for hydroxylation is 1. The van der Waals surface area contributed by atoms with E-state index < -0.39 is 0 Å². The first-order chi connectivity index (χ1) is 12.1. The van der Waals surface area contributed by atoms with Crippen molar-refractivity contribution in [3.63, 3.8) is 0 Å². The summed E-state index contributed by atoms with van der Waals surface area (Å²) in [7, 11) is 1.68. The van der Waals surface area contributed by atoms with Crippen molar-refractivity contribution < 1.29 is 4.74 Å².